The van der Waals surface area contributed by atoms with E-state index in [1.165, 1.54) is 38.8 Å². The molecular formula is C16H32N2O. The first-order chi connectivity index (χ1) is 8.89. The molecule has 1 aliphatic carbocycles. The molecular weight excluding hydrogens is 236 g/mol. The molecule has 3 heteroatoms. The fraction of sp³-hybridized carbons (Fsp3) is 1.00. The van der Waals surface area contributed by atoms with Crippen LogP contribution in [0.25, 0.3) is 0 Å². The summed E-state index contributed by atoms with van der Waals surface area (Å²) in [5.74, 6) is 0. The highest BCUT2D eigenvalue weighted by molar-refractivity contribution is 4.92. The zero-order valence-corrected chi connectivity index (χ0v) is 13.3. The summed E-state index contributed by atoms with van der Waals surface area (Å²) in [5.41, 5.74) is 0.734. The van der Waals surface area contributed by atoms with Crippen LogP contribution < -0.4 is 5.32 Å². The van der Waals surface area contributed by atoms with Crippen molar-refractivity contribution in [3.8, 4) is 0 Å². The van der Waals surface area contributed by atoms with Gasteiger partial charge in [0, 0.05) is 31.7 Å². The largest absolute Gasteiger partial charge is 0.376 e. The number of hydrogen-bond acceptors (Lipinski definition) is 3. The molecule has 2 fully saturated rings. The summed E-state index contributed by atoms with van der Waals surface area (Å²) in [4.78, 5) is 2.63. The minimum atomic E-state index is 0.230. The molecule has 1 saturated heterocycles. The summed E-state index contributed by atoms with van der Waals surface area (Å²) in [6.07, 6.45) is 6.00. The minimum absolute atomic E-state index is 0.230. The van der Waals surface area contributed by atoms with E-state index in [4.69, 9.17) is 4.74 Å². The third-order valence-corrected chi connectivity index (χ3v) is 4.54. The van der Waals surface area contributed by atoms with Crippen molar-refractivity contribution in [2.75, 3.05) is 32.8 Å². The van der Waals surface area contributed by atoms with Crippen LogP contribution in [0.4, 0.5) is 0 Å². The fourth-order valence-electron chi connectivity index (χ4n) is 3.48. The van der Waals surface area contributed by atoms with Gasteiger partial charge in [0.25, 0.3) is 0 Å². The molecule has 0 amide bonds. The van der Waals surface area contributed by atoms with Gasteiger partial charge in [-0.05, 0) is 46.0 Å². The summed E-state index contributed by atoms with van der Waals surface area (Å²) in [6.45, 7) is 14.6. The summed E-state index contributed by atoms with van der Waals surface area (Å²) in [5, 5.41) is 3.75. The van der Waals surface area contributed by atoms with Gasteiger partial charge in [0.1, 0.15) is 0 Å². The van der Waals surface area contributed by atoms with E-state index in [0.717, 1.165) is 19.7 Å². The maximum absolute atomic E-state index is 5.66. The average molecular weight is 268 g/mol. The van der Waals surface area contributed by atoms with Crippen LogP contribution in [0.3, 0.4) is 0 Å². The Morgan fingerprint density at radius 1 is 1.26 bits per heavy atom. The summed E-state index contributed by atoms with van der Waals surface area (Å²) in [6, 6.07) is 0. The molecule has 1 saturated carbocycles. The monoisotopic (exact) mass is 268 g/mol. The molecule has 0 bridgehead atoms. The van der Waals surface area contributed by atoms with Gasteiger partial charge in [0.2, 0.25) is 0 Å². The predicted octanol–water partition coefficient (Wildman–Crippen LogP) is 2.66. The number of morpholine rings is 1. The van der Waals surface area contributed by atoms with Crippen molar-refractivity contribution in [1.82, 2.24) is 10.2 Å². The Balaban J connectivity index is 1.91. The van der Waals surface area contributed by atoms with Gasteiger partial charge in [-0.2, -0.15) is 0 Å². The van der Waals surface area contributed by atoms with Crippen molar-refractivity contribution in [2.45, 2.75) is 65.0 Å². The number of nitrogens with zero attached hydrogens (tertiary/aromatic N) is 1. The van der Waals surface area contributed by atoms with E-state index < -0.39 is 0 Å². The Morgan fingerprint density at radius 3 is 2.53 bits per heavy atom. The van der Waals surface area contributed by atoms with Gasteiger partial charge in [-0.1, -0.05) is 12.8 Å². The Morgan fingerprint density at radius 2 is 1.95 bits per heavy atom. The predicted molar refractivity (Wildman–Crippen MR) is 80.5 cm³/mol. The van der Waals surface area contributed by atoms with Gasteiger partial charge in [-0.15, -0.1) is 0 Å². The minimum Gasteiger partial charge on any atom is -0.376 e. The first-order valence-corrected chi connectivity index (χ1v) is 7.98. The highest BCUT2D eigenvalue weighted by Crippen LogP contribution is 2.39. The summed E-state index contributed by atoms with van der Waals surface area (Å²) < 4.78 is 5.66. The van der Waals surface area contributed by atoms with Crippen LogP contribution in [0.5, 0.6) is 0 Å². The molecule has 1 N–H and O–H groups in total. The molecule has 1 aliphatic heterocycles. The third-order valence-electron chi connectivity index (χ3n) is 4.54. The molecule has 0 aromatic carbocycles. The molecule has 112 valence electrons. The van der Waals surface area contributed by atoms with Crippen LogP contribution in [0, 0.1) is 5.41 Å². The standard InChI is InChI=1S/C16H32N2O/c1-14-11-18(9-10-19-14)13-16(7-5-6-8-16)12-17-15(2,3)4/h14,17H,5-13H2,1-4H3. The quantitative estimate of drug-likeness (QED) is 0.848. The molecule has 0 aromatic rings. The van der Waals surface area contributed by atoms with Gasteiger partial charge in [0.15, 0.2) is 0 Å². The van der Waals surface area contributed by atoms with Gasteiger partial charge >= 0.3 is 0 Å². The van der Waals surface area contributed by atoms with Crippen LogP contribution in [-0.2, 0) is 4.74 Å². The molecule has 1 unspecified atom stereocenters. The molecule has 0 spiro atoms. The normalized spacial score (nSPS) is 28.7. The van der Waals surface area contributed by atoms with E-state index in [1.54, 1.807) is 0 Å². The van der Waals surface area contributed by atoms with Gasteiger partial charge in [0.05, 0.1) is 12.7 Å². The van der Waals surface area contributed by atoms with E-state index in [1.807, 2.05) is 0 Å². The maximum atomic E-state index is 5.66. The van der Waals surface area contributed by atoms with Gasteiger partial charge in [-0.3, -0.25) is 4.90 Å². The molecule has 19 heavy (non-hydrogen) atoms. The number of ether oxygens (including phenoxy) is 1. The Bertz CT molecular complexity index is 279. The van der Waals surface area contributed by atoms with Crippen molar-refractivity contribution in [1.29, 1.82) is 0 Å². The van der Waals surface area contributed by atoms with Crippen molar-refractivity contribution in [3.05, 3.63) is 0 Å². The number of nitrogens with one attached hydrogen (secondary N) is 1. The second-order valence-corrected chi connectivity index (χ2v) is 7.73. The molecule has 1 atom stereocenters. The van der Waals surface area contributed by atoms with Crippen LogP contribution in [0.2, 0.25) is 0 Å². The van der Waals surface area contributed by atoms with E-state index in [2.05, 4.69) is 37.9 Å². The topological polar surface area (TPSA) is 24.5 Å². The Labute approximate surface area is 119 Å². The van der Waals surface area contributed by atoms with Crippen molar-refractivity contribution in [3.63, 3.8) is 0 Å². The number of hydrogen-bond donors (Lipinski definition) is 1. The van der Waals surface area contributed by atoms with E-state index in [9.17, 15) is 0 Å². The number of rotatable bonds is 4. The Hall–Kier alpha value is -0.120. The van der Waals surface area contributed by atoms with Crippen molar-refractivity contribution >= 4 is 0 Å². The van der Waals surface area contributed by atoms with Crippen molar-refractivity contribution in [2.24, 2.45) is 5.41 Å². The van der Waals surface area contributed by atoms with E-state index in [0.29, 0.717) is 11.5 Å². The van der Waals surface area contributed by atoms with Crippen LogP contribution in [0.1, 0.15) is 53.4 Å². The van der Waals surface area contributed by atoms with Gasteiger partial charge in [-0.25, -0.2) is 0 Å². The van der Waals surface area contributed by atoms with Crippen LogP contribution in [-0.4, -0.2) is 49.3 Å². The second kappa shape index (κ2) is 6.11. The smallest absolute Gasteiger partial charge is 0.0674 e. The lowest BCUT2D eigenvalue weighted by Crippen LogP contribution is -2.51. The highest BCUT2D eigenvalue weighted by Gasteiger charge is 2.37. The Kier molecular flexibility index (Phi) is 4.91. The zero-order chi connectivity index (χ0) is 13.9. The first kappa shape index (κ1) is 15.3. The second-order valence-electron chi connectivity index (χ2n) is 7.73. The van der Waals surface area contributed by atoms with Crippen LogP contribution >= 0.6 is 0 Å². The van der Waals surface area contributed by atoms with E-state index in [-0.39, 0.29) is 5.54 Å². The lowest BCUT2D eigenvalue weighted by molar-refractivity contribution is -0.0323. The lowest BCUT2D eigenvalue weighted by atomic mass is 9.84. The van der Waals surface area contributed by atoms with Crippen molar-refractivity contribution < 1.29 is 4.74 Å². The molecule has 2 aliphatic rings. The molecule has 0 aromatic heterocycles. The van der Waals surface area contributed by atoms with E-state index >= 15 is 0 Å². The summed E-state index contributed by atoms with van der Waals surface area (Å²) >= 11 is 0. The molecule has 0 radical (unpaired) electrons. The SMILES string of the molecule is CC1CN(CC2(CNC(C)(C)C)CCCC2)CCO1. The molecule has 1 heterocycles. The first-order valence-electron chi connectivity index (χ1n) is 7.98. The third kappa shape index (κ3) is 4.73. The maximum Gasteiger partial charge on any atom is 0.0674 e. The average Bonchev–Trinajstić information content (AvgIpc) is 2.75. The summed E-state index contributed by atoms with van der Waals surface area (Å²) in [7, 11) is 0. The molecule has 2 rings (SSSR count). The lowest BCUT2D eigenvalue weighted by Gasteiger charge is -2.40. The van der Waals surface area contributed by atoms with Gasteiger partial charge < -0.3 is 10.1 Å². The van der Waals surface area contributed by atoms with Crippen LogP contribution in [0.15, 0.2) is 0 Å². The highest BCUT2D eigenvalue weighted by atomic mass is 16.5. The fourth-order valence-corrected chi connectivity index (χ4v) is 3.48. The molecule has 3 nitrogen and oxygen atoms in total. The zero-order valence-electron chi connectivity index (χ0n) is 13.3.